The molecule has 0 radical (unpaired) electrons. The van der Waals surface area contributed by atoms with Gasteiger partial charge in [0.15, 0.2) is 0 Å². The van der Waals surface area contributed by atoms with E-state index in [9.17, 15) is 38.4 Å². The van der Waals surface area contributed by atoms with Gasteiger partial charge in [0.1, 0.15) is 21.3 Å². The molecule has 0 aromatic heterocycles. The molecule has 0 unspecified atom stereocenters. The predicted octanol–water partition coefficient (Wildman–Crippen LogP) is 11.0. The van der Waals surface area contributed by atoms with Gasteiger partial charge in [0, 0.05) is 0 Å². The zero-order valence-electron chi connectivity index (χ0n) is 30.1. The van der Waals surface area contributed by atoms with Crippen LogP contribution in [0.25, 0.3) is 0 Å². The maximum atomic E-state index is 14.4. The molecule has 8 nitrogen and oxygen atoms in total. The highest BCUT2D eigenvalue weighted by molar-refractivity contribution is 7.91. The number of aromatic hydroxyl groups is 2. The number of carbonyl (C=O) groups is 2. The number of phenols is 2. The number of carboxylic acids is 2. The van der Waals surface area contributed by atoms with Crippen LogP contribution in [0.5, 0.6) is 11.5 Å². The minimum atomic E-state index is -4.73. The third-order valence-electron chi connectivity index (χ3n) is 9.54. The minimum Gasteiger partial charge on any atom is -0.507 e. The van der Waals surface area contributed by atoms with Crippen molar-refractivity contribution < 1.29 is 38.4 Å². The molecule has 4 N–H and O–H groups in total. The van der Waals surface area contributed by atoms with Crippen molar-refractivity contribution in [2.45, 2.75) is 178 Å². The second kappa shape index (κ2) is 23.4. The van der Waals surface area contributed by atoms with E-state index in [0.29, 0.717) is 12.8 Å². The minimum absolute atomic E-state index is 0.0239. The molecule has 0 aliphatic heterocycles. The molecule has 0 aliphatic rings. The maximum Gasteiger partial charge on any atom is 0.336 e. The molecule has 2 rings (SSSR count). The molecule has 49 heavy (non-hydrogen) atoms. The van der Waals surface area contributed by atoms with E-state index in [1.165, 1.54) is 89.2 Å². The monoisotopic (exact) mass is 702 g/mol. The molecular weight excluding hydrogens is 640 g/mol. The summed E-state index contributed by atoms with van der Waals surface area (Å²) in [5.41, 5.74) is -0.512. The SMILES string of the molecule is CCCCCCCCCCCCCc1c(C(=O)O)ccc(O)c1S(=O)(=O)c1c(O)ccc(C(=O)O)c1CCCCCCCCCCCCC. The van der Waals surface area contributed by atoms with Gasteiger partial charge in [-0.3, -0.25) is 0 Å². The van der Waals surface area contributed by atoms with Crippen LogP contribution in [0.2, 0.25) is 0 Å². The van der Waals surface area contributed by atoms with Crippen molar-refractivity contribution in [2.24, 2.45) is 0 Å². The number of unbranched alkanes of at least 4 members (excludes halogenated alkanes) is 20. The third kappa shape index (κ3) is 14.0. The Morgan fingerprint density at radius 3 is 1.00 bits per heavy atom. The second-order valence-corrected chi connectivity index (χ2v) is 15.4. The first-order chi connectivity index (χ1) is 23.6. The first-order valence-electron chi connectivity index (χ1n) is 19.0. The number of hydrogen-bond acceptors (Lipinski definition) is 6. The Labute approximate surface area is 295 Å². The zero-order chi connectivity index (χ0) is 36.1. The summed E-state index contributed by atoms with van der Waals surface area (Å²) in [7, 11) is -4.73. The number of aromatic carboxylic acids is 2. The second-order valence-electron chi connectivity index (χ2n) is 13.6. The van der Waals surface area contributed by atoms with Gasteiger partial charge in [-0.15, -0.1) is 0 Å². The van der Waals surface area contributed by atoms with Crippen molar-refractivity contribution in [2.75, 3.05) is 0 Å². The number of benzene rings is 2. The fourth-order valence-electron chi connectivity index (χ4n) is 6.76. The van der Waals surface area contributed by atoms with Crippen LogP contribution in [0, 0.1) is 0 Å². The van der Waals surface area contributed by atoms with E-state index in [-0.39, 0.29) is 35.1 Å². The summed E-state index contributed by atoms with van der Waals surface area (Å²) >= 11 is 0. The Balaban J connectivity index is 2.21. The Kier molecular flexibility index (Phi) is 20.1. The van der Waals surface area contributed by atoms with E-state index >= 15 is 0 Å². The summed E-state index contributed by atoms with van der Waals surface area (Å²) < 4.78 is 28.7. The molecule has 0 aliphatic carbocycles. The molecule has 0 amide bonds. The number of rotatable bonds is 28. The fourth-order valence-corrected chi connectivity index (χ4v) is 8.73. The van der Waals surface area contributed by atoms with Crippen molar-refractivity contribution >= 4 is 21.8 Å². The topological polar surface area (TPSA) is 149 Å². The number of phenolic OH excluding ortho intramolecular Hbond substituents is 2. The normalized spacial score (nSPS) is 11.6. The van der Waals surface area contributed by atoms with E-state index in [0.717, 1.165) is 63.5 Å². The highest BCUT2D eigenvalue weighted by atomic mass is 32.2. The summed E-state index contributed by atoms with van der Waals surface area (Å²) in [6.07, 6.45) is 23.9. The largest absolute Gasteiger partial charge is 0.507 e. The first kappa shape index (κ1) is 42.1. The Hall–Kier alpha value is -3.07. The molecule has 9 heteroatoms. The van der Waals surface area contributed by atoms with Crippen molar-refractivity contribution in [3.63, 3.8) is 0 Å². The lowest BCUT2D eigenvalue weighted by Crippen LogP contribution is -2.15. The quantitative estimate of drug-likeness (QED) is 0.0640. The number of hydrogen-bond donors (Lipinski definition) is 4. The Bertz CT molecular complexity index is 1300. The van der Waals surface area contributed by atoms with Crippen molar-refractivity contribution in [1.82, 2.24) is 0 Å². The van der Waals surface area contributed by atoms with E-state index in [4.69, 9.17) is 0 Å². The van der Waals surface area contributed by atoms with Gasteiger partial charge >= 0.3 is 11.9 Å². The maximum absolute atomic E-state index is 14.4. The molecule has 0 atom stereocenters. The molecule has 0 heterocycles. The molecule has 0 spiro atoms. The van der Waals surface area contributed by atoms with Gasteiger partial charge in [-0.05, 0) is 61.1 Å². The van der Waals surface area contributed by atoms with Crippen molar-refractivity contribution in [3.8, 4) is 11.5 Å². The van der Waals surface area contributed by atoms with Crippen LogP contribution in [0.3, 0.4) is 0 Å². The van der Waals surface area contributed by atoms with E-state index in [1.807, 2.05) is 0 Å². The molecular formula is C40H62O8S. The van der Waals surface area contributed by atoms with Gasteiger partial charge in [0.2, 0.25) is 9.84 Å². The van der Waals surface area contributed by atoms with Crippen molar-refractivity contribution in [1.29, 1.82) is 0 Å². The average molecular weight is 703 g/mol. The highest BCUT2D eigenvalue weighted by Gasteiger charge is 2.34. The van der Waals surface area contributed by atoms with E-state index < -0.39 is 43.1 Å². The van der Waals surface area contributed by atoms with Gasteiger partial charge in [-0.1, -0.05) is 142 Å². The molecule has 0 saturated heterocycles. The molecule has 0 saturated carbocycles. The van der Waals surface area contributed by atoms with Crippen LogP contribution >= 0.6 is 0 Å². The standard InChI is InChI=1S/C40H62O8S/c1-3-5-7-9-11-13-15-17-19-21-23-25-31-33(39(43)44)27-29-35(41)37(31)49(47,48)38-32(34(40(45)46)28-30-36(38)42)26-24-22-20-18-16-14-12-10-8-6-4-2/h27-30,41-42H,3-26H2,1-2H3,(H,43,44)(H,45,46). The van der Waals surface area contributed by atoms with E-state index in [2.05, 4.69) is 13.8 Å². The lowest BCUT2D eigenvalue weighted by atomic mass is 9.99. The van der Waals surface area contributed by atoms with Gasteiger partial charge in [-0.2, -0.15) is 0 Å². The summed E-state index contributed by atoms with van der Waals surface area (Å²) in [5.74, 6) is -3.88. The third-order valence-corrected chi connectivity index (χ3v) is 11.5. The smallest absolute Gasteiger partial charge is 0.336 e. The molecule has 0 fully saturated rings. The van der Waals surface area contributed by atoms with E-state index in [1.54, 1.807) is 0 Å². The number of sulfone groups is 1. The summed E-state index contributed by atoms with van der Waals surface area (Å²) in [5, 5.41) is 41.9. The van der Waals surface area contributed by atoms with Gasteiger partial charge in [-0.25, -0.2) is 18.0 Å². The Morgan fingerprint density at radius 2 is 0.735 bits per heavy atom. The lowest BCUT2D eigenvalue weighted by molar-refractivity contribution is 0.0684. The highest BCUT2D eigenvalue weighted by Crippen LogP contribution is 2.41. The average Bonchev–Trinajstić information content (AvgIpc) is 3.05. The van der Waals surface area contributed by atoms with Crippen LogP contribution in [0.4, 0.5) is 0 Å². The van der Waals surface area contributed by atoms with Crippen LogP contribution in [-0.2, 0) is 22.7 Å². The fraction of sp³-hybridized carbons (Fsp3) is 0.650. The lowest BCUT2D eigenvalue weighted by Gasteiger charge is -2.19. The first-order valence-corrected chi connectivity index (χ1v) is 20.5. The molecule has 0 bridgehead atoms. The Morgan fingerprint density at radius 1 is 0.469 bits per heavy atom. The van der Waals surface area contributed by atoms with Crippen LogP contribution in [0.15, 0.2) is 34.1 Å². The summed E-state index contributed by atoms with van der Waals surface area (Å²) in [4.78, 5) is 23.4. The van der Waals surface area contributed by atoms with Crippen LogP contribution in [-0.4, -0.2) is 40.8 Å². The number of carboxylic acid groups (broad SMARTS) is 2. The molecule has 276 valence electrons. The van der Waals surface area contributed by atoms with Crippen LogP contribution < -0.4 is 0 Å². The summed E-state index contributed by atoms with van der Waals surface area (Å²) in [6, 6.07) is 4.48. The zero-order valence-corrected chi connectivity index (χ0v) is 30.9. The van der Waals surface area contributed by atoms with Crippen LogP contribution in [0.1, 0.15) is 187 Å². The van der Waals surface area contributed by atoms with Gasteiger partial charge < -0.3 is 20.4 Å². The van der Waals surface area contributed by atoms with Gasteiger partial charge in [0.05, 0.1) is 11.1 Å². The van der Waals surface area contributed by atoms with Crippen molar-refractivity contribution in [3.05, 3.63) is 46.5 Å². The molecule has 2 aromatic rings. The summed E-state index contributed by atoms with van der Waals surface area (Å²) in [6.45, 7) is 4.40. The predicted molar refractivity (Wildman–Crippen MR) is 196 cm³/mol. The van der Waals surface area contributed by atoms with Gasteiger partial charge in [0.25, 0.3) is 0 Å². The molecule has 2 aromatic carbocycles.